The number of aliphatic carboxylic acids is 1. The van der Waals surface area contributed by atoms with Gasteiger partial charge in [0.2, 0.25) is 0 Å². The van der Waals surface area contributed by atoms with Crippen LogP contribution >= 0.6 is 0 Å². The van der Waals surface area contributed by atoms with Crippen LogP contribution in [-0.2, 0) is 4.79 Å². The summed E-state index contributed by atoms with van der Waals surface area (Å²) in [6.07, 6.45) is 1.11. The van der Waals surface area contributed by atoms with E-state index in [1.807, 2.05) is 0 Å². The Bertz CT molecular complexity index is 285. The van der Waals surface area contributed by atoms with Crippen LogP contribution in [0.1, 0.15) is 18.0 Å². The molecule has 0 aliphatic rings. The van der Waals surface area contributed by atoms with Crippen LogP contribution in [0.5, 0.6) is 0 Å². The number of halogens is 1. The number of H-pyrrole nitrogens is 1. The van der Waals surface area contributed by atoms with Crippen molar-refractivity contribution in [3.05, 3.63) is 23.8 Å². The van der Waals surface area contributed by atoms with Crippen molar-refractivity contribution in [2.24, 2.45) is 5.73 Å². The second-order valence-corrected chi connectivity index (χ2v) is 2.45. The third-order valence-electron chi connectivity index (χ3n) is 1.52. The lowest BCUT2D eigenvalue weighted by atomic mass is 10.1. The Kier molecular flexibility index (Phi) is 2.44. The molecule has 0 saturated heterocycles. The second-order valence-electron chi connectivity index (χ2n) is 2.45. The number of nitrogens with one attached hydrogen (secondary N) is 1. The van der Waals surface area contributed by atoms with Gasteiger partial charge in [0, 0.05) is 17.8 Å². The summed E-state index contributed by atoms with van der Waals surface area (Å²) in [6, 6.07) is 0.650. The number of carbonyl (C=O) groups is 1. The highest BCUT2D eigenvalue weighted by Crippen LogP contribution is 2.16. The Morgan fingerprint density at radius 3 is 2.92 bits per heavy atom. The van der Waals surface area contributed by atoms with E-state index in [2.05, 4.69) is 4.98 Å². The molecule has 12 heavy (non-hydrogen) atoms. The van der Waals surface area contributed by atoms with Gasteiger partial charge in [0.05, 0.1) is 6.42 Å². The maximum Gasteiger partial charge on any atom is 0.305 e. The van der Waals surface area contributed by atoms with Crippen LogP contribution in [0.25, 0.3) is 0 Å². The molecular formula is C7H9FN2O2. The summed E-state index contributed by atoms with van der Waals surface area (Å²) in [7, 11) is 0. The van der Waals surface area contributed by atoms with Crippen LogP contribution in [0.4, 0.5) is 4.39 Å². The second kappa shape index (κ2) is 3.36. The first-order valence-corrected chi connectivity index (χ1v) is 3.41. The van der Waals surface area contributed by atoms with Gasteiger partial charge in [-0.25, -0.2) is 0 Å². The number of carboxylic acids is 1. The predicted molar refractivity (Wildman–Crippen MR) is 39.9 cm³/mol. The van der Waals surface area contributed by atoms with Crippen molar-refractivity contribution in [3.8, 4) is 0 Å². The highest BCUT2D eigenvalue weighted by atomic mass is 19.1. The van der Waals surface area contributed by atoms with Gasteiger partial charge >= 0.3 is 5.97 Å². The average Bonchev–Trinajstić information content (AvgIpc) is 2.33. The van der Waals surface area contributed by atoms with Crippen LogP contribution in [0.15, 0.2) is 12.3 Å². The number of aromatic amines is 1. The third-order valence-corrected chi connectivity index (χ3v) is 1.52. The van der Waals surface area contributed by atoms with Gasteiger partial charge in [-0.15, -0.1) is 0 Å². The maximum atomic E-state index is 12.7. The Morgan fingerprint density at radius 2 is 2.50 bits per heavy atom. The van der Waals surface area contributed by atoms with Crippen molar-refractivity contribution >= 4 is 5.97 Å². The quantitative estimate of drug-likeness (QED) is 0.625. The topological polar surface area (TPSA) is 79.1 Å². The van der Waals surface area contributed by atoms with Crippen LogP contribution in [-0.4, -0.2) is 16.1 Å². The molecule has 66 valence electrons. The number of carboxylic acid groups (broad SMARTS) is 1. The number of aromatic nitrogens is 1. The first kappa shape index (κ1) is 8.73. The van der Waals surface area contributed by atoms with Crippen molar-refractivity contribution in [2.75, 3.05) is 0 Å². The van der Waals surface area contributed by atoms with Crippen LogP contribution in [0.2, 0.25) is 0 Å². The predicted octanol–water partition coefficient (Wildman–Crippen LogP) is 0.628. The van der Waals surface area contributed by atoms with Crippen molar-refractivity contribution in [1.29, 1.82) is 0 Å². The van der Waals surface area contributed by atoms with Gasteiger partial charge in [-0.1, -0.05) is 0 Å². The molecule has 1 rings (SSSR count). The summed E-state index contributed by atoms with van der Waals surface area (Å²) in [5.41, 5.74) is 5.61. The van der Waals surface area contributed by atoms with E-state index in [1.165, 1.54) is 12.3 Å². The molecule has 4 nitrogen and oxygen atoms in total. The normalized spacial score (nSPS) is 12.8. The molecule has 0 aliphatic carbocycles. The van der Waals surface area contributed by atoms with Gasteiger partial charge in [0.25, 0.3) is 0 Å². The molecule has 0 spiro atoms. The molecular weight excluding hydrogens is 163 g/mol. The summed E-state index contributed by atoms with van der Waals surface area (Å²) in [5, 5.41) is 8.36. The zero-order valence-corrected chi connectivity index (χ0v) is 6.25. The van der Waals surface area contributed by atoms with E-state index >= 15 is 0 Å². The van der Waals surface area contributed by atoms with E-state index in [0.29, 0.717) is 0 Å². The van der Waals surface area contributed by atoms with Gasteiger partial charge in [-0.3, -0.25) is 4.79 Å². The number of hydrogen-bond acceptors (Lipinski definition) is 2. The minimum absolute atomic E-state index is 0.206. The first-order valence-electron chi connectivity index (χ1n) is 3.41. The summed E-state index contributed by atoms with van der Waals surface area (Å²) in [6.45, 7) is 0. The highest BCUT2D eigenvalue weighted by Gasteiger charge is 2.14. The van der Waals surface area contributed by atoms with E-state index in [1.54, 1.807) is 0 Å². The van der Waals surface area contributed by atoms with Crippen molar-refractivity contribution in [2.45, 2.75) is 12.5 Å². The summed E-state index contributed by atoms with van der Waals surface area (Å²) >= 11 is 0. The fourth-order valence-corrected chi connectivity index (χ4v) is 0.946. The Hall–Kier alpha value is -1.36. The molecule has 4 N–H and O–H groups in total. The van der Waals surface area contributed by atoms with E-state index in [9.17, 15) is 9.18 Å². The monoisotopic (exact) mass is 172 g/mol. The summed E-state index contributed by atoms with van der Waals surface area (Å²) < 4.78 is 12.7. The van der Waals surface area contributed by atoms with Gasteiger partial charge in [0.1, 0.15) is 0 Å². The standard InChI is InChI=1S/C7H9FN2O2/c8-7-4(1-2-10-7)5(9)3-6(11)12/h1-2,5,10H,3,9H2,(H,11,12). The maximum absolute atomic E-state index is 12.7. The molecule has 0 bridgehead atoms. The number of rotatable bonds is 3. The molecule has 1 aromatic rings. The zero-order chi connectivity index (χ0) is 9.14. The van der Waals surface area contributed by atoms with Crippen LogP contribution in [0, 0.1) is 5.95 Å². The Balaban J connectivity index is 2.71. The molecule has 1 unspecified atom stereocenters. The van der Waals surface area contributed by atoms with Crippen molar-refractivity contribution < 1.29 is 14.3 Å². The minimum Gasteiger partial charge on any atom is -0.481 e. The van der Waals surface area contributed by atoms with Gasteiger partial charge in [-0.05, 0) is 6.07 Å². The highest BCUT2D eigenvalue weighted by molar-refractivity contribution is 5.67. The van der Waals surface area contributed by atoms with Gasteiger partial charge in [-0.2, -0.15) is 4.39 Å². The Labute approximate surface area is 68.2 Å². The van der Waals surface area contributed by atoms with Gasteiger partial charge < -0.3 is 15.8 Å². The lowest BCUT2D eigenvalue weighted by Crippen LogP contribution is -2.15. The molecule has 0 radical (unpaired) electrons. The molecule has 0 aliphatic heterocycles. The van der Waals surface area contributed by atoms with Crippen LogP contribution < -0.4 is 5.73 Å². The Morgan fingerprint density at radius 1 is 1.83 bits per heavy atom. The van der Waals surface area contributed by atoms with Gasteiger partial charge in [0.15, 0.2) is 5.95 Å². The summed E-state index contributed by atoms with van der Waals surface area (Å²) in [5.74, 6) is -1.60. The lowest BCUT2D eigenvalue weighted by Gasteiger charge is -2.05. The molecule has 1 aromatic heterocycles. The van der Waals surface area contributed by atoms with Crippen molar-refractivity contribution in [3.63, 3.8) is 0 Å². The van der Waals surface area contributed by atoms with E-state index < -0.39 is 18.0 Å². The summed E-state index contributed by atoms with van der Waals surface area (Å²) in [4.78, 5) is 12.5. The number of hydrogen-bond donors (Lipinski definition) is 3. The smallest absolute Gasteiger partial charge is 0.305 e. The van der Waals surface area contributed by atoms with Crippen molar-refractivity contribution in [1.82, 2.24) is 4.98 Å². The zero-order valence-electron chi connectivity index (χ0n) is 6.25. The molecule has 0 fully saturated rings. The molecule has 0 aromatic carbocycles. The number of nitrogens with two attached hydrogens (primary N) is 1. The SMILES string of the molecule is NC(CC(=O)O)c1cc[nH]c1F. The fraction of sp³-hybridized carbons (Fsp3) is 0.286. The molecule has 0 amide bonds. The molecule has 0 saturated carbocycles. The van der Waals surface area contributed by atoms with E-state index in [-0.39, 0.29) is 12.0 Å². The molecule has 5 heteroatoms. The van der Waals surface area contributed by atoms with E-state index in [4.69, 9.17) is 10.8 Å². The lowest BCUT2D eigenvalue weighted by molar-refractivity contribution is -0.137. The average molecular weight is 172 g/mol. The van der Waals surface area contributed by atoms with Crippen LogP contribution in [0.3, 0.4) is 0 Å². The third kappa shape index (κ3) is 1.82. The minimum atomic E-state index is -1.04. The molecule has 1 atom stereocenters. The largest absolute Gasteiger partial charge is 0.481 e. The van der Waals surface area contributed by atoms with E-state index in [0.717, 1.165) is 0 Å². The fourth-order valence-electron chi connectivity index (χ4n) is 0.946. The molecule has 1 heterocycles. The first-order chi connectivity index (χ1) is 5.61.